The molecule has 0 spiro atoms. The van der Waals surface area contributed by atoms with Crippen molar-refractivity contribution < 1.29 is 32.7 Å². The summed E-state index contributed by atoms with van der Waals surface area (Å²) in [6.07, 6.45) is 7.47. The standard InChI is InChI=1S/C37H65N5O7S/c1-10-20-38-32(45)29(43)27(17-16-25-14-15-25)39-31(44)28-21-26(24(2)3)22-42(28)33(46)30(35(4,5)6)40-34(47)41-37(18-12-11-13-19-37)23-50(48,49)36(7,8)9/h10,24-28,30,33,46H,1,11-23H2,2-9H3,(H,38,45)(H,39,44)(H2,40,41,47). The number of nitrogens with one attached hydrogen (secondary N) is 4. The van der Waals surface area contributed by atoms with Gasteiger partial charge in [0.25, 0.3) is 5.91 Å². The summed E-state index contributed by atoms with van der Waals surface area (Å²) < 4.78 is 25.7. The summed E-state index contributed by atoms with van der Waals surface area (Å²) in [7, 11) is -3.55. The lowest BCUT2D eigenvalue weighted by molar-refractivity contribution is -0.141. The highest BCUT2D eigenvalue weighted by molar-refractivity contribution is 7.92. The maximum atomic E-state index is 14.0. The van der Waals surface area contributed by atoms with Crippen molar-refractivity contribution in [3.05, 3.63) is 12.7 Å². The van der Waals surface area contributed by atoms with Gasteiger partial charge in [-0.3, -0.25) is 19.3 Å². The van der Waals surface area contributed by atoms with Crippen LogP contribution < -0.4 is 21.3 Å². The van der Waals surface area contributed by atoms with Gasteiger partial charge in [-0.15, -0.1) is 6.58 Å². The second-order valence-electron chi connectivity index (χ2n) is 17.5. The van der Waals surface area contributed by atoms with Gasteiger partial charge in [-0.1, -0.05) is 72.8 Å². The number of nitrogens with zero attached hydrogens (tertiary/aromatic N) is 1. The number of sulfone groups is 1. The number of rotatable bonds is 16. The molecule has 0 radical (unpaired) electrons. The van der Waals surface area contributed by atoms with E-state index < -0.39 is 73.5 Å². The molecule has 3 aliphatic rings. The van der Waals surface area contributed by atoms with Crippen LogP contribution in [0.5, 0.6) is 0 Å². The van der Waals surface area contributed by atoms with Crippen molar-refractivity contribution in [1.82, 2.24) is 26.2 Å². The molecule has 12 nitrogen and oxygen atoms in total. The molecule has 1 aliphatic heterocycles. The summed E-state index contributed by atoms with van der Waals surface area (Å²) in [4.78, 5) is 55.4. The molecule has 286 valence electrons. The Morgan fingerprint density at radius 1 is 1.00 bits per heavy atom. The summed E-state index contributed by atoms with van der Waals surface area (Å²) in [6, 6.07) is -3.21. The number of aliphatic hydroxyl groups is 1. The topological polar surface area (TPSA) is 174 Å². The van der Waals surface area contributed by atoms with Crippen molar-refractivity contribution in [2.24, 2.45) is 23.2 Å². The highest BCUT2D eigenvalue weighted by atomic mass is 32.2. The van der Waals surface area contributed by atoms with E-state index in [-0.39, 0.29) is 24.1 Å². The summed E-state index contributed by atoms with van der Waals surface area (Å²) in [6.45, 7) is 18.9. The molecule has 1 heterocycles. The molecule has 13 heteroatoms. The van der Waals surface area contributed by atoms with Crippen LogP contribution in [0, 0.1) is 23.2 Å². The van der Waals surface area contributed by atoms with Crippen LogP contribution >= 0.6 is 0 Å². The van der Waals surface area contributed by atoms with Crippen LogP contribution in [-0.4, -0.2) is 95.5 Å². The maximum absolute atomic E-state index is 14.0. The van der Waals surface area contributed by atoms with Gasteiger partial charge in [-0.25, -0.2) is 13.2 Å². The third-order valence-corrected chi connectivity index (χ3v) is 13.7. The van der Waals surface area contributed by atoms with Gasteiger partial charge >= 0.3 is 6.03 Å². The zero-order valence-corrected chi connectivity index (χ0v) is 32.6. The molecule has 3 fully saturated rings. The van der Waals surface area contributed by atoms with Crippen LogP contribution in [0.3, 0.4) is 0 Å². The molecule has 5 atom stereocenters. The van der Waals surface area contributed by atoms with Gasteiger partial charge in [-0.05, 0) is 76.0 Å². The predicted molar refractivity (Wildman–Crippen MR) is 196 cm³/mol. The van der Waals surface area contributed by atoms with E-state index >= 15 is 0 Å². The average Bonchev–Trinajstić information content (AvgIpc) is 3.73. The smallest absolute Gasteiger partial charge is 0.315 e. The second kappa shape index (κ2) is 16.9. The number of urea groups is 1. The number of aliphatic hydroxyl groups excluding tert-OH is 1. The van der Waals surface area contributed by atoms with Crippen molar-refractivity contribution >= 4 is 33.5 Å². The summed E-state index contributed by atoms with van der Waals surface area (Å²) in [5.74, 6) is -1.36. The van der Waals surface area contributed by atoms with Gasteiger partial charge in [0.05, 0.1) is 34.2 Å². The molecule has 2 aliphatic carbocycles. The Kier molecular flexibility index (Phi) is 14.1. The van der Waals surface area contributed by atoms with Gasteiger partial charge in [0.15, 0.2) is 9.84 Å². The number of ketones is 1. The molecule has 1 saturated heterocycles. The highest BCUT2D eigenvalue weighted by Gasteiger charge is 2.48. The van der Waals surface area contributed by atoms with Gasteiger partial charge in [-0.2, -0.15) is 0 Å². The summed E-state index contributed by atoms with van der Waals surface area (Å²) in [5, 5.41) is 23.5. The van der Waals surface area contributed by atoms with E-state index in [2.05, 4.69) is 41.7 Å². The quantitative estimate of drug-likeness (QED) is 0.118. The number of amides is 4. The van der Waals surface area contributed by atoms with Crippen molar-refractivity contribution in [3.8, 4) is 0 Å². The molecule has 0 aromatic heterocycles. The Bertz CT molecular complexity index is 1330. The molecule has 5 N–H and O–H groups in total. The fourth-order valence-corrected chi connectivity index (χ4v) is 8.67. The Balaban J connectivity index is 1.84. The fourth-order valence-electron chi connectivity index (χ4n) is 7.15. The maximum Gasteiger partial charge on any atom is 0.315 e. The molecule has 3 rings (SSSR count). The highest BCUT2D eigenvalue weighted by Crippen LogP contribution is 2.36. The van der Waals surface area contributed by atoms with Gasteiger partial charge in [0, 0.05) is 13.1 Å². The van der Waals surface area contributed by atoms with E-state index in [0.29, 0.717) is 38.1 Å². The minimum absolute atomic E-state index is 0.0551. The minimum Gasteiger partial charge on any atom is -0.376 e. The zero-order chi connectivity index (χ0) is 37.7. The van der Waals surface area contributed by atoms with Gasteiger partial charge in [0.2, 0.25) is 11.7 Å². The number of hydrogen-bond donors (Lipinski definition) is 5. The van der Waals surface area contributed by atoms with E-state index in [4.69, 9.17) is 0 Å². The number of hydrogen-bond acceptors (Lipinski definition) is 8. The number of carbonyl (C=O) groups excluding carboxylic acids is 4. The first kappa shape index (κ1) is 41.9. The lowest BCUT2D eigenvalue weighted by Crippen LogP contribution is -2.65. The molecule has 0 bridgehead atoms. The van der Waals surface area contributed by atoms with E-state index in [1.165, 1.54) is 6.08 Å². The molecule has 0 aromatic rings. The summed E-state index contributed by atoms with van der Waals surface area (Å²) in [5.41, 5.74) is -1.60. The largest absolute Gasteiger partial charge is 0.376 e. The lowest BCUT2D eigenvalue weighted by Gasteiger charge is -2.43. The van der Waals surface area contributed by atoms with Crippen molar-refractivity contribution in [2.75, 3.05) is 18.8 Å². The molecular formula is C37H65N5O7S. The Hall–Kier alpha value is -2.51. The third kappa shape index (κ3) is 11.2. The van der Waals surface area contributed by atoms with Crippen LogP contribution in [0.25, 0.3) is 0 Å². The van der Waals surface area contributed by atoms with Crippen LogP contribution in [0.2, 0.25) is 0 Å². The number of likely N-dealkylation sites (tertiary alicyclic amines) is 1. The molecule has 4 amide bonds. The molecule has 50 heavy (non-hydrogen) atoms. The van der Waals surface area contributed by atoms with E-state index in [1.54, 1.807) is 25.7 Å². The molecular weight excluding hydrogens is 659 g/mol. The molecule has 0 aromatic carbocycles. The van der Waals surface area contributed by atoms with Crippen LogP contribution in [0.15, 0.2) is 12.7 Å². The third-order valence-electron chi connectivity index (χ3n) is 10.9. The van der Waals surface area contributed by atoms with Crippen LogP contribution in [-0.2, 0) is 24.2 Å². The van der Waals surface area contributed by atoms with E-state index in [0.717, 1.165) is 38.5 Å². The first-order valence-corrected chi connectivity index (χ1v) is 20.2. The van der Waals surface area contributed by atoms with Crippen molar-refractivity contribution in [3.63, 3.8) is 0 Å². The normalized spacial score (nSPS) is 23.4. The fraction of sp³-hybridized carbons (Fsp3) is 0.838. The molecule has 2 saturated carbocycles. The van der Waals surface area contributed by atoms with Gasteiger partial charge < -0.3 is 26.4 Å². The second-order valence-corrected chi connectivity index (χ2v) is 20.2. The Labute approximate surface area is 300 Å². The number of Topliss-reactive ketones (excluding diaryl/α,β-unsaturated/α-hetero) is 1. The van der Waals surface area contributed by atoms with Gasteiger partial charge in [0.1, 0.15) is 6.23 Å². The van der Waals surface area contributed by atoms with E-state index in [9.17, 15) is 32.7 Å². The van der Waals surface area contributed by atoms with Crippen molar-refractivity contribution in [1.29, 1.82) is 0 Å². The lowest BCUT2D eigenvalue weighted by atomic mass is 9.83. The first-order valence-electron chi connectivity index (χ1n) is 18.6. The van der Waals surface area contributed by atoms with Crippen LogP contribution in [0.1, 0.15) is 120 Å². The monoisotopic (exact) mass is 723 g/mol. The zero-order valence-electron chi connectivity index (χ0n) is 31.8. The Morgan fingerprint density at radius 2 is 1.62 bits per heavy atom. The summed E-state index contributed by atoms with van der Waals surface area (Å²) >= 11 is 0. The first-order chi connectivity index (χ1) is 23.1. The Morgan fingerprint density at radius 3 is 2.14 bits per heavy atom. The predicted octanol–water partition coefficient (Wildman–Crippen LogP) is 3.83. The van der Waals surface area contributed by atoms with Crippen molar-refractivity contribution in [2.45, 2.75) is 154 Å². The average molecular weight is 724 g/mol. The van der Waals surface area contributed by atoms with Crippen LogP contribution in [0.4, 0.5) is 4.79 Å². The SMILES string of the molecule is C=CCNC(=O)C(=O)C(CCC1CC1)NC(=O)C1CC(C(C)C)CN1C(O)C(NC(=O)NC1(CS(=O)(=O)C(C)(C)C)CCCCC1)C(C)(C)C. The number of carbonyl (C=O) groups is 4. The molecule has 5 unspecified atom stereocenters. The minimum atomic E-state index is -3.55. The van der Waals surface area contributed by atoms with E-state index in [1.807, 2.05) is 20.8 Å².